The molecule has 3 heterocycles. The third-order valence-corrected chi connectivity index (χ3v) is 4.67. The molecule has 0 atom stereocenters. The Morgan fingerprint density at radius 1 is 1.15 bits per heavy atom. The van der Waals surface area contributed by atoms with Gasteiger partial charge in [0, 0.05) is 11.9 Å². The third kappa shape index (κ3) is 2.75. The Bertz CT molecular complexity index is 1010. The largest absolute Gasteiger partial charge is 0.487 e. The van der Waals surface area contributed by atoms with Crippen LogP contribution < -0.4 is 4.74 Å². The molecule has 5 nitrogen and oxygen atoms in total. The molecule has 1 aliphatic rings. The number of hydrogen-bond acceptors (Lipinski definition) is 4. The zero-order chi connectivity index (χ0) is 18.3. The van der Waals surface area contributed by atoms with Gasteiger partial charge in [-0.3, -0.25) is 4.79 Å². The van der Waals surface area contributed by atoms with Gasteiger partial charge in [-0.05, 0) is 50.6 Å². The lowest BCUT2D eigenvalue weighted by atomic mass is 9.95. The number of Topliss-reactive ketones (excluding diaryl/α,β-unsaturated/α-hetero) is 1. The maximum absolute atomic E-state index is 12.3. The minimum absolute atomic E-state index is 0.00788. The molecule has 1 aliphatic heterocycles. The molecule has 26 heavy (non-hydrogen) atoms. The first-order chi connectivity index (χ1) is 12.5. The SMILES string of the molecule is Cc1c(COc2ccc(C3=COC(C)(C)C3=O)cc2)nc2ccccn12. The molecule has 1 aromatic carbocycles. The van der Waals surface area contributed by atoms with E-state index in [2.05, 4.69) is 4.98 Å². The smallest absolute Gasteiger partial charge is 0.209 e. The number of carbonyl (C=O) groups is 1. The van der Waals surface area contributed by atoms with E-state index >= 15 is 0 Å². The number of benzene rings is 1. The summed E-state index contributed by atoms with van der Waals surface area (Å²) in [6, 6.07) is 13.4. The molecular weight excluding hydrogens is 328 g/mol. The van der Waals surface area contributed by atoms with Gasteiger partial charge in [0.15, 0.2) is 5.60 Å². The summed E-state index contributed by atoms with van der Waals surface area (Å²) in [6.07, 6.45) is 3.53. The van der Waals surface area contributed by atoms with Crippen LogP contribution in [0.3, 0.4) is 0 Å². The average Bonchev–Trinajstić information content (AvgIpc) is 3.11. The van der Waals surface area contributed by atoms with Gasteiger partial charge in [0.05, 0.1) is 17.5 Å². The molecule has 0 bridgehead atoms. The number of pyridine rings is 1. The number of ether oxygens (including phenoxy) is 2. The van der Waals surface area contributed by atoms with E-state index in [0.29, 0.717) is 12.2 Å². The first kappa shape index (κ1) is 16.4. The van der Waals surface area contributed by atoms with Crippen LogP contribution in [-0.4, -0.2) is 20.8 Å². The molecule has 0 spiro atoms. The van der Waals surface area contributed by atoms with Gasteiger partial charge in [-0.25, -0.2) is 4.98 Å². The van der Waals surface area contributed by atoms with Crippen molar-refractivity contribution in [2.24, 2.45) is 0 Å². The Hall–Kier alpha value is -3.08. The van der Waals surface area contributed by atoms with Crippen molar-refractivity contribution in [3.8, 4) is 5.75 Å². The fourth-order valence-corrected chi connectivity index (χ4v) is 3.02. The molecule has 2 aromatic heterocycles. The number of aryl methyl sites for hydroxylation is 1. The standard InChI is InChI=1S/C21H20N2O3/c1-14-18(22-19-6-4-5-11-23(14)19)13-25-16-9-7-15(8-10-16)17-12-26-21(2,3)20(17)24/h4-12H,13H2,1-3H3. The summed E-state index contributed by atoms with van der Waals surface area (Å²) in [5.41, 5.74) is 3.52. The Morgan fingerprint density at radius 3 is 2.58 bits per heavy atom. The second kappa shape index (κ2) is 6.02. The monoisotopic (exact) mass is 348 g/mol. The third-order valence-electron chi connectivity index (χ3n) is 4.67. The van der Waals surface area contributed by atoms with Gasteiger partial charge in [-0.1, -0.05) is 18.2 Å². The number of carbonyl (C=O) groups excluding carboxylic acids is 1. The molecule has 0 aliphatic carbocycles. The van der Waals surface area contributed by atoms with E-state index in [9.17, 15) is 4.79 Å². The first-order valence-electron chi connectivity index (χ1n) is 8.54. The highest BCUT2D eigenvalue weighted by molar-refractivity contribution is 6.25. The Kier molecular flexibility index (Phi) is 3.80. The van der Waals surface area contributed by atoms with E-state index in [-0.39, 0.29) is 5.78 Å². The molecule has 0 saturated carbocycles. The van der Waals surface area contributed by atoms with Crippen LogP contribution in [0.25, 0.3) is 11.2 Å². The van der Waals surface area contributed by atoms with Crippen LogP contribution >= 0.6 is 0 Å². The van der Waals surface area contributed by atoms with E-state index < -0.39 is 5.60 Å². The lowest BCUT2D eigenvalue weighted by Crippen LogP contribution is -2.28. The van der Waals surface area contributed by atoms with Gasteiger partial charge in [0.1, 0.15) is 18.0 Å². The molecule has 132 valence electrons. The summed E-state index contributed by atoms with van der Waals surface area (Å²) in [5.74, 6) is 0.725. The number of aromatic nitrogens is 2. The highest BCUT2D eigenvalue weighted by Gasteiger charge is 2.37. The Labute approximate surface area is 151 Å². The quantitative estimate of drug-likeness (QED) is 0.717. The number of rotatable bonds is 4. The van der Waals surface area contributed by atoms with E-state index in [1.54, 1.807) is 13.8 Å². The number of imidazole rings is 1. The second-order valence-corrected chi connectivity index (χ2v) is 6.87. The lowest BCUT2D eigenvalue weighted by Gasteiger charge is -2.15. The van der Waals surface area contributed by atoms with Crippen molar-refractivity contribution in [2.45, 2.75) is 33.0 Å². The number of ketones is 1. The minimum atomic E-state index is -0.787. The maximum atomic E-state index is 12.3. The van der Waals surface area contributed by atoms with E-state index in [1.807, 2.05) is 60.0 Å². The van der Waals surface area contributed by atoms with Crippen molar-refractivity contribution in [1.82, 2.24) is 9.38 Å². The first-order valence-corrected chi connectivity index (χ1v) is 8.54. The number of fused-ring (bicyclic) bond motifs is 1. The normalized spacial score (nSPS) is 15.8. The van der Waals surface area contributed by atoms with Gasteiger partial charge >= 0.3 is 0 Å². The Balaban J connectivity index is 1.48. The summed E-state index contributed by atoms with van der Waals surface area (Å²) in [4.78, 5) is 16.9. The van der Waals surface area contributed by atoms with E-state index in [1.165, 1.54) is 6.26 Å². The van der Waals surface area contributed by atoms with Gasteiger partial charge in [0.2, 0.25) is 5.78 Å². The van der Waals surface area contributed by atoms with Crippen molar-refractivity contribution in [1.29, 1.82) is 0 Å². The molecule has 0 saturated heterocycles. The van der Waals surface area contributed by atoms with Crippen molar-refractivity contribution >= 4 is 17.0 Å². The van der Waals surface area contributed by atoms with Crippen molar-refractivity contribution in [2.75, 3.05) is 0 Å². The molecule has 5 heteroatoms. The van der Waals surface area contributed by atoms with E-state index in [4.69, 9.17) is 9.47 Å². The molecule has 0 N–H and O–H groups in total. The Morgan fingerprint density at radius 2 is 1.92 bits per heavy atom. The zero-order valence-electron chi connectivity index (χ0n) is 15.0. The topological polar surface area (TPSA) is 52.8 Å². The van der Waals surface area contributed by atoms with Crippen LogP contribution in [0.5, 0.6) is 5.75 Å². The summed E-state index contributed by atoms with van der Waals surface area (Å²) < 4.78 is 13.4. The van der Waals surface area contributed by atoms with Crippen LogP contribution in [0, 0.1) is 6.92 Å². The van der Waals surface area contributed by atoms with Crippen molar-refractivity contribution in [3.05, 3.63) is 71.9 Å². The minimum Gasteiger partial charge on any atom is -0.487 e. The molecule has 3 aromatic rings. The summed E-state index contributed by atoms with van der Waals surface area (Å²) in [6.45, 7) is 5.97. The highest BCUT2D eigenvalue weighted by Crippen LogP contribution is 2.31. The van der Waals surface area contributed by atoms with Crippen molar-refractivity contribution in [3.63, 3.8) is 0 Å². The molecule has 0 fully saturated rings. The second-order valence-electron chi connectivity index (χ2n) is 6.87. The number of nitrogens with zero attached hydrogens (tertiary/aromatic N) is 2. The predicted octanol–water partition coefficient (Wildman–Crippen LogP) is 3.94. The summed E-state index contributed by atoms with van der Waals surface area (Å²) >= 11 is 0. The lowest BCUT2D eigenvalue weighted by molar-refractivity contribution is -0.125. The zero-order valence-corrected chi connectivity index (χ0v) is 15.0. The molecule has 0 unspecified atom stereocenters. The van der Waals surface area contributed by atoms with Crippen LogP contribution in [0.2, 0.25) is 0 Å². The van der Waals surface area contributed by atoms with Crippen LogP contribution in [0.1, 0.15) is 30.8 Å². The average molecular weight is 348 g/mol. The van der Waals surface area contributed by atoms with Gasteiger partial charge in [-0.2, -0.15) is 0 Å². The highest BCUT2D eigenvalue weighted by atomic mass is 16.5. The fourth-order valence-electron chi connectivity index (χ4n) is 3.02. The molecule has 0 amide bonds. The van der Waals surface area contributed by atoms with Gasteiger partial charge in [-0.15, -0.1) is 0 Å². The molecular formula is C21H20N2O3. The molecule has 4 rings (SSSR count). The predicted molar refractivity (Wildman–Crippen MR) is 98.9 cm³/mol. The molecule has 0 radical (unpaired) electrons. The van der Waals surface area contributed by atoms with E-state index in [0.717, 1.165) is 28.3 Å². The fraction of sp³-hybridized carbons (Fsp3) is 0.238. The summed E-state index contributed by atoms with van der Waals surface area (Å²) in [5, 5.41) is 0. The van der Waals surface area contributed by atoms with Crippen LogP contribution in [0.15, 0.2) is 54.9 Å². The van der Waals surface area contributed by atoms with Gasteiger partial charge < -0.3 is 13.9 Å². The summed E-state index contributed by atoms with van der Waals surface area (Å²) in [7, 11) is 0. The number of hydrogen-bond donors (Lipinski definition) is 0. The van der Waals surface area contributed by atoms with Crippen LogP contribution in [-0.2, 0) is 16.1 Å². The van der Waals surface area contributed by atoms with Crippen molar-refractivity contribution < 1.29 is 14.3 Å². The van der Waals surface area contributed by atoms with Crippen LogP contribution in [0.4, 0.5) is 0 Å². The van der Waals surface area contributed by atoms with Gasteiger partial charge in [0.25, 0.3) is 0 Å². The maximum Gasteiger partial charge on any atom is 0.209 e.